The van der Waals surface area contributed by atoms with Gasteiger partial charge in [-0.3, -0.25) is 28.8 Å². The number of thioether (sulfide) groups is 1. The van der Waals surface area contributed by atoms with Gasteiger partial charge in [0.15, 0.2) is 29.1 Å². The number of ether oxygens (including phenoxy) is 8. The highest BCUT2D eigenvalue weighted by molar-refractivity contribution is 7.98. The molecule has 2 aromatic carbocycles. The summed E-state index contributed by atoms with van der Waals surface area (Å²) in [5.41, 5.74) is 2.27. The topological polar surface area (TPSA) is 188 Å². The molecule has 1 saturated heterocycles. The maximum Gasteiger partial charge on any atom is 0.303 e. The number of nitrogens with one attached hydrogen (secondary N) is 1. The molecule has 15 nitrogen and oxygen atoms in total. The average Bonchev–Trinajstić information content (AvgIpc) is 3.29. The van der Waals surface area contributed by atoms with Crippen molar-refractivity contribution in [3.8, 4) is 28.4 Å². The van der Waals surface area contributed by atoms with Gasteiger partial charge in [-0.1, -0.05) is 6.07 Å². The molecule has 16 heteroatoms. The second-order valence-corrected chi connectivity index (χ2v) is 12.6. The summed E-state index contributed by atoms with van der Waals surface area (Å²) < 4.78 is 46.1. The third-order valence-corrected chi connectivity index (χ3v) is 8.85. The van der Waals surface area contributed by atoms with Gasteiger partial charge < -0.3 is 43.2 Å². The van der Waals surface area contributed by atoms with Gasteiger partial charge in [0.1, 0.15) is 12.7 Å². The number of rotatable bonds is 11. The van der Waals surface area contributed by atoms with E-state index in [1.165, 1.54) is 45.9 Å². The minimum absolute atomic E-state index is 0.0585. The molecule has 2 aliphatic rings. The smallest absolute Gasteiger partial charge is 0.303 e. The molecule has 276 valence electrons. The van der Waals surface area contributed by atoms with E-state index in [1.807, 2.05) is 0 Å². The largest absolute Gasteiger partial charge is 0.492 e. The van der Waals surface area contributed by atoms with Crippen LogP contribution in [0.1, 0.15) is 58.2 Å². The van der Waals surface area contributed by atoms with Gasteiger partial charge in [-0.05, 0) is 54.0 Å². The average molecular weight is 732 g/mol. The highest BCUT2D eigenvalue weighted by Crippen LogP contribution is 2.51. The Balaban J connectivity index is 1.92. The van der Waals surface area contributed by atoms with E-state index in [1.54, 1.807) is 24.5 Å². The third-order valence-electron chi connectivity index (χ3n) is 8.07. The van der Waals surface area contributed by atoms with Crippen LogP contribution in [0.2, 0.25) is 0 Å². The fraction of sp³-hybridized carbons (Fsp3) is 0.486. The van der Waals surface area contributed by atoms with Gasteiger partial charge in [-0.2, -0.15) is 0 Å². The van der Waals surface area contributed by atoms with E-state index >= 15 is 0 Å². The molecular weight excluding hydrogens is 690 g/mol. The predicted octanol–water partition coefficient (Wildman–Crippen LogP) is 3.04. The number of carbonyl (C=O) groups excluding carboxylic acids is 5. The first-order valence-corrected chi connectivity index (χ1v) is 17.2. The van der Waals surface area contributed by atoms with Gasteiger partial charge in [-0.25, -0.2) is 0 Å². The first-order chi connectivity index (χ1) is 24.2. The Kier molecular flexibility index (Phi) is 12.9. The Labute approximate surface area is 298 Å². The van der Waals surface area contributed by atoms with E-state index in [-0.39, 0.29) is 28.6 Å². The lowest BCUT2D eigenvalue weighted by Crippen LogP contribution is -2.63. The molecule has 51 heavy (non-hydrogen) atoms. The fourth-order valence-corrected chi connectivity index (χ4v) is 6.67. The zero-order valence-corrected chi connectivity index (χ0v) is 30.3. The fourth-order valence-electron chi connectivity index (χ4n) is 6.21. The highest BCUT2D eigenvalue weighted by Gasteiger charge is 2.53. The van der Waals surface area contributed by atoms with Crippen molar-refractivity contribution in [3.05, 3.63) is 45.6 Å². The van der Waals surface area contributed by atoms with Gasteiger partial charge in [0.05, 0.1) is 25.2 Å². The number of amides is 1. The quantitative estimate of drug-likeness (QED) is 0.202. The van der Waals surface area contributed by atoms with Crippen LogP contribution in [0, 0.1) is 0 Å². The maximum absolute atomic E-state index is 13.2. The number of fused-ring (bicyclic) bond motifs is 3. The summed E-state index contributed by atoms with van der Waals surface area (Å²) >= 11 is 1.29. The number of aryl methyl sites for hydroxylation is 1. The Morgan fingerprint density at radius 1 is 0.843 bits per heavy atom. The van der Waals surface area contributed by atoms with Crippen LogP contribution in [0.25, 0.3) is 11.1 Å². The molecule has 1 N–H and O–H groups in total. The Bertz CT molecular complexity index is 1750. The SMILES string of the molecule is COc1c(O[C@@H]2O[C@H](COC(C)=O)[C@@H](OC(C)=O)[C@H](OC(C)=O)[C@H]2OC(C)=O)cc2c(c1OC)-c1ccc(SC)c(=O)cc1[C@@H](NC(C)=O)CC2. The molecule has 0 radical (unpaired) electrons. The van der Waals surface area contributed by atoms with E-state index in [0.29, 0.717) is 40.0 Å². The zero-order valence-electron chi connectivity index (χ0n) is 29.5. The molecule has 1 fully saturated rings. The molecule has 2 aromatic rings. The second kappa shape index (κ2) is 16.9. The molecule has 6 atom stereocenters. The molecular formula is C35H41NO14S. The maximum atomic E-state index is 13.2. The lowest BCUT2D eigenvalue weighted by Gasteiger charge is -2.44. The molecule has 0 unspecified atom stereocenters. The van der Waals surface area contributed by atoms with Crippen LogP contribution in [0.3, 0.4) is 0 Å². The Morgan fingerprint density at radius 3 is 2.04 bits per heavy atom. The monoisotopic (exact) mass is 731 g/mol. The molecule has 0 saturated carbocycles. The lowest BCUT2D eigenvalue weighted by molar-refractivity contribution is -0.288. The standard InChI is InChI=1S/C35H41NO14S/c1-16(37)36-24-11-9-21-13-26(30(43-6)32(44-7)29(21)22-10-12-28(51-8)25(42)14-23(22)24)49-35-34(48-20(5)41)33(47-19(4)40)31(46-18(3)39)27(50-35)15-45-17(2)38/h10,12-14,24,27,31,33-35H,9,11,15H2,1-8H3,(H,36,37)/t24-,27+,31+,33-,34+,35+/m0/s1. The summed E-state index contributed by atoms with van der Waals surface area (Å²) in [5, 5.41) is 2.95. The van der Waals surface area contributed by atoms with Gasteiger partial charge in [0, 0.05) is 40.2 Å². The first kappa shape index (κ1) is 39.0. The van der Waals surface area contributed by atoms with Gasteiger partial charge in [0.2, 0.25) is 24.1 Å². The van der Waals surface area contributed by atoms with E-state index in [9.17, 15) is 28.8 Å². The van der Waals surface area contributed by atoms with Crippen molar-refractivity contribution in [2.24, 2.45) is 0 Å². The van der Waals surface area contributed by atoms with Crippen molar-refractivity contribution in [3.63, 3.8) is 0 Å². The first-order valence-electron chi connectivity index (χ1n) is 15.9. The number of hydrogen-bond acceptors (Lipinski definition) is 15. The van der Waals surface area contributed by atoms with Crippen molar-refractivity contribution in [2.45, 2.75) is 89.1 Å². The van der Waals surface area contributed by atoms with Crippen LogP contribution < -0.4 is 25.0 Å². The number of carbonyl (C=O) groups is 5. The predicted molar refractivity (Wildman–Crippen MR) is 180 cm³/mol. The zero-order chi connectivity index (χ0) is 37.6. The highest BCUT2D eigenvalue weighted by atomic mass is 32.2. The number of esters is 4. The van der Waals surface area contributed by atoms with Crippen molar-refractivity contribution in [2.75, 3.05) is 27.1 Å². The summed E-state index contributed by atoms with van der Waals surface area (Å²) in [6, 6.07) is 6.17. The molecule has 1 aliphatic carbocycles. The van der Waals surface area contributed by atoms with Crippen molar-refractivity contribution < 1.29 is 61.9 Å². The van der Waals surface area contributed by atoms with Crippen molar-refractivity contribution >= 4 is 41.5 Å². The van der Waals surface area contributed by atoms with Crippen LogP contribution in [0.15, 0.2) is 34.0 Å². The van der Waals surface area contributed by atoms with Crippen molar-refractivity contribution in [1.82, 2.24) is 5.32 Å². The molecule has 1 amide bonds. The minimum Gasteiger partial charge on any atom is -0.492 e. The lowest BCUT2D eigenvalue weighted by atomic mass is 9.95. The van der Waals surface area contributed by atoms with E-state index in [2.05, 4.69) is 5.32 Å². The van der Waals surface area contributed by atoms with Crippen LogP contribution >= 0.6 is 11.8 Å². The normalized spacial score (nSPS) is 22.1. The summed E-state index contributed by atoms with van der Waals surface area (Å²) in [7, 11) is 2.82. The molecule has 0 aromatic heterocycles. The number of hydrogen-bond donors (Lipinski definition) is 1. The van der Waals surface area contributed by atoms with Gasteiger partial charge >= 0.3 is 23.9 Å². The summed E-state index contributed by atoms with van der Waals surface area (Å²) in [5.74, 6) is -2.93. The van der Waals surface area contributed by atoms with Gasteiger partial charge in [-0.15, -0.1) is 11.8 Å². The van der Waals surface area contributed by atoms with Crippen LogP contribution in [-0.2, 0) is 54.1 Å². The van der Waals surface area contributed by atoms with E-state index < -0.39 is 67.2 Å². The third kappa shape index (κ3) is 9.10. The number of methoxy groups -OCH3 is 2. The molecule has 0 bridgehead atoms. The summed E-state index contributed by atoms with van der Waals surface area (Å²) in [6.45, 7) is 5.49. The Hall–Kier alpha value is -4.83. The van der Waals surface area contributed by atoms with Crippen LogP contribution in [0.4, 0.5) is 0 Å². The summed E-state index contributed by atoms with van der Waals surface area (Å²) in [6.07, 6.45) is -4.56. The van der Waals surface area contributed by atoms with Crippen LogP contribution in [-0.4, -0.2) is 87.6 Å². The minimum atomic E-state index is -1.54. The van der Waals surface area contributed by atoms with Crippen molar-refractivity contribution in [1.29, 1.82) is 0 Å². The number of benzene rings is 1. The summed E-state index contributed by atoms with van der Waals surface area (Å²) in [4.78, 5) is 74.6. The Morgan fingerprint density at radius 2 is 1.47 bits per heavy atom. The molecule has 1 aliphatic heterocycles. The van der Waals surface area contributed by atoms with E-state index in [4.69, 9.17) is 37.9 Å². The van der Waals surface area contributed by atoms with Crippen LogP contribution in [0.5, 0.6) is 17.2 Å². The van der Waals surface area contributed by atoms with Gasteiger partial charge in [0.25, 0.3) is 0 Å². The molecule has 0 spiro atoms. The van der Waals surface area contributed by atoms with E-state index in [0.717, 1.165) is 20.8 Å². The molecule has 1 heterocycles. The molecule has 4 rings (SSSR count). The second-order valence-electron chi connectivity index (χ2n) is 11.7.